The lowest BCUT2D eigenvalue weighted by molar-refractivity contribution is 0.574. The van der Waals surface area contributed by atoms with Gasteiger partial charge in [0.05, 0.1) is 6.04 Å². The summed E-state index contributed by atoms with van der Waals surface area (Å²) in [5, 5.41) is 3.32. The highest BCUT2D eigenvalue weighted by Crippen LogP contribution is 2.11. The van der Waals surface area contributed by atoms with Gasteiger partial charge < -0.3 is 5.32 Å². The minimum Gasteiger partial charge on any atom is -0.304 e. The Morgan fingerprint density at radius 2 is 2.17 bits per heavy atom. The van der Waals surface area contributed by atoms with Crippen LogP contribution in [-0.2, 0) is 0 Å². The number of rotatable bonds is 1. The molecular weight excluding hydrogens is 150 g/mol. The minimum atomic E-state index is 0.208. The van der Waals surface area contributed by atoms with E-state index in [0.29, 0.717) is 0 Å². The van der Waals surface area contributed by atoms with Gasteiger partial charge >= 0.3 is 0 Å². The Morgan fingerprint density at radius 3 is 2.83 bits per heavy atom. The first kappa shape index (κ1) is 7.43. The van der Waals surface area contributed by atoms with E-state index in [1.807, 2.05) is 6.07 Å². The molecule has 0 bridgehead atoms. The first-order chi connectivity index (χ1) is 5.97. The van der Waals surface area contributed by atoms with Gasteiger partial charge in [-0.1, -0.05) is 12.2 Å². The van der Waals surface area contributed by atoms with Crippen LogP contribution in [0.4, 0.5) is 0 Å². The summed E-state index contributed by atoms with van der Waals surface area (Å²) in [5.41, 5.74) is 0. The maximum atomic E-state index is 4.18. The van der Waals surface area contributed by atoms with Crippen LogP contribution in [0.1, 0.15) is 18.3 Å². The third-order valence-corrected chi connectivity index (χ3v) is 1.87. The normalized spacial score (nSPS) is 22.5. The van der Waals surface area contributed by atoms with E-state index < -0.39 is 0 Å². The van der Waals surface area contributed by atoms with Crippen molar-refractivity contribution in [1.29, 1.82) is 0 Å². The van der Waals surface area contributed by atoms with E-state index in [0.717, 1.165) is 18.8 Å². The van der Waals surface area contributed by atoms with Crippen LogP contribution in [0.2, 0.25) is 0 Å². The average molecular weight is 161 g/mol. The molecule has 1 atom stereocenters. The second-order valence-corrected chi connectivity index (χ2v) is 2.76. The van der Waals surface area contributed by atoms with Crippen molar-refractivity contribution in [2.45, 2.75) is 12.5 Å². The van der Waals surface area contributed by atoms with Crippen molar-refractivity contribution in [3.05, 3.63) is 36.4 Å². The van der Waals surface area contributed by atoms with E-state index in [1.165, 1.54) is 0 Å². The van der Waals surface area contributed by atoms with E-state index in [9.17, 15) is 0 Å². The van der Waals surface area contributed by atoms with Crippen molar-refractivity contribution in [3.8, 4) is 0 Å². The molecule has 0 aliphatic carbocycles. The van der Waals surface area contributed by atoms with Crippen molar-refractivity contribution in [3.63, 3.8) is 0 Å². The van der Waals surface area contributed by atoms with Crippen LogP contribution in [0.25, 0.3) is 0 Å². The molecule has 2 rings (SSSR count). The van der Waals surface area contributed by atoms with Crippen molar-refractivity contribution in [2.24, 2.45) is 0 Å². The Hall–Kier alpha value is -1.22. The van der Waals surface area contributed by atoms with E-state index in [1.54, 1.807) is 12.4 Å². The first-order valence-corrected chi connectivity index (χ1v) is 4.14. The Balaban J connectivity index is 2.19. The summed E-state index contributed by atoms with van der Waals surface area (Å²) in [6.45, 7) is 1.01. The van der Waals surface area contributed by atoms with Crippen molar-refractivity contribution >= 4 is 0 Å². The first-order valence-electron chi connectivity index (χ1n) is 4.14. The molecule has 0 aromatic carbocycles. The van der Waals surface area contributed by atoms with Gasteiger partial charge in [-0.15, -0.1) is 0 Å². The predicted molar refractivity (Wildman–Crippen MR) is 46.5 cm³/mol. The molecule has 1 aromatic rings. The molecular formula is C9H11N3. The summed E-state index contributed by atoms with van der Waals surface area (Å²) in [5.74, 6) is 0.855. The van der Waals surface area contributed by atoms with Gasteiger partial charge in [0.2, 0.25) is 0 Å². The summed E-state index contributed by atoms with van der Waals surface area (Å²) in [4.78, 5) is 8.36. The van der Waals surface area contributed by atoms with Crippen LogP contribution in [0, 0.1) is 0 Å². The number of aromatic nitrogens is 2. The van der Waals surface area contributed by atoms with Crippen LogP contribution in [0.3, 0.4) is 0 Å². The molecule has 62 valence electrons. The van der Waals surface area contributed by atoms with Gasteiger partial charge in [0.1, 0.15) is 5.82 Å². The SMILES string of the molecule is C1=CC(c2ncccn2)NCC1. The van der Waals surface area contributed by atoms with Gasteiger partial charge in [0.15, 0.2) is 0 Å². The molecule has 0 spiro atoms. The Kier molecular flexibility index (Phi) is 2.14. The number of nitrogens with zero attached hydrogens (tertiary/aromatic N) is 2. The van der Waals surface area contributed by atoms with Gasteiger partial charge in [-0.05, 0) is 19.0 Å². The van der Waals surface area contributed by atoms with Crippen LogP contribution >= 0.6 is 0 Å². The topological polar surface area (TPSA) is 37.8 Å². The minimum absolute atomic E-state index is 0.208. The van der Waals surface area contributed by atoms with Gasteiger partial charge in [-0.25, -0.2) is 9.97 Å². The largest absolute Gasteiger partial charge is 0.304 e. The highest BCUT2D eigenvalue weighted by molar-refractivity contribution is 5.08. The summed E-state index contributed by atoms with van der Waals surface area (Å²) in [6.07, 6.45) is 8.92. The molecule has 0 amide bonds. The highest BCUT2D eigenvalue weighted by atomic mass is 15.0. The molecule has 1 aromatic heterocycles. The molecule has 2 heterocycles. The molecule has 1 unspecified atom stereocenters. The van der Waals surface area contributed by atoms with Crippen LogP contribution < -0.4 is 5.32 Å². The van der Waals surface area contributed by atoms with Gasteiger partial charge in [0, 0.05) is 12.4 Å². The fourth-order valence-corrected chi connectivity index (χ4v) is 1.27. The van der Waals surface area contributed by atoms with Crippen LogP contribution in [0.5, 0.6) is 0 Å². The molecule has 0 fully saturated rings. The zero-order chi connectivity index (χ0) is 8.23. The molecule has 0 radical (unpaired) electrons. The molecule has 1 N–H and O–H groups in total. The molecule has 0 saturated heterocycles. The predicted octanol–water partition coefficient (Wildman–Crippen LogP) is 1.07. The van der Waals surface area contributed by atoms with Crippen LogP contribution in [0.15, 0.2) is 30.6 Å². The fraction of sp³-hybridized carbons (Fsp3) is 0.333. The third-order valence-electron chi connectivity index (χ3n) is 1.87. The molecule has 1 aliphatic rings. The van der Waals surface area contributed by atoms with Gasteiger partial charge in [0.25, 0.3) is 0 Å². The quantitative estimate of drug-likeness (QED) is 0.626. The zero-order valence-corrected chi connectivity index (χ0v) is 6.77. The molecule has 3 nitrogen and oxygen atoms in total. The highest BCUT2D eigenvalue weighted by Gasteiger charge is 2.10. The standard InChI is InChI=1S/C9H11N3/c1-2-5-10-8(4-1)9-11-6-3-7-12-9/h1,3-4,6-8,10H,2,5H2. The molecule has 12 heavy (non-hydrogen) atoms. The molecule has 1 aliphatic heterocycles. The molecule has 3 heteroatoms. The van der Waals surface area contributed by atoms with E-state index in [4.69, 9.17) is 0 Å². The average Bonchev–Trinajstić information content (AvgIpc) is 2.21. The summed E-state index contributed by atoms with van der Waals surface area (Å²) in [7, 11) is 0. The van der Waals surface area contributed by atoms with Crippen molar-refractivity contribution < 1.29 is 0 Å². The fourth-order valence-electron chi connectivity index (χ4n) is 1.27. The Bertz CT molecular complexity index is 268. The maximum absolute atomic E-state index is 4.18. The number of hydrogen-bond donors (Lipinski definition) is 1. The maximum Gasteiger partial charge on any atom is 0.148 e. The monoisotopic (exact) mass is 161 g/mol. The van der Waals surface area contributed by atoms with E-state index in [-0.39, 0.29) is 6.04 Å². The lowest BCUT2D eigenvalue weighted by Crippen LogP contribution is -2.24. The molecule has 0 saturated carbocycles. The Morgan fingerprint density at radius 1 is 1.33 bits per heavy atom. The van der Waals surface area contributed by atoms with E-state index >= 15 is 0 Å². The second kappa shape index (κ2) is 3.45. The lowest BCUT2D eigenvalue weighted by Gasteiger charge is -2.16. The summed E-state index contributed by atoms with van der Waals surface area (Å²) in [6, 6.07) is 2.04. The van der Waals surface area contributed by atoms with Gasteiger partial charge in [-0.3, -0.25) is 0 Å². The summed E-state index contributed by atoms with van der Waals surface area (Å²) >= 11 is 0. The zero-order valence-electron chi connectivity index (χ0n) is 6.77. The van der Waals surface area contributed by atoms with Crippen molar-refractivity contribution in [1.82, 2.24) is 15.3 Å². The third kappa shape index (κ3) is 1.51. The number of hydrogen-bond acceptors (Lipinski definition) is 3. The lowest BCUT2D eigenvalue weighted by atomic mass is 10.1. The van der Waals surface area contributed by atoms with Gasteiger partial charge in [-0.2, -0.15) is 0 Å². The van der Waals surface area contributed by atoms with Crippen molar-refractivity contribution in [2.75, 3.05) is 6.54 Å². The second-order valence-electron chi connectivity index (χ2n) is 2.76. The van der Waals surface area contributed by atoms with E-state index in [2.05, 4.69) is 27.4 Å². The summed E-state index contributed by atoms with van der Waals surface area (Å²) < 4.78 is 0. The smallest absolute Gasteiger partial charge is 0.148 e. The van der Waals surface area contributed by atoms with Crippen LogP contribution in [-0.4, -0.2) is 16.5 Å². The number of nitrogens with one attached hydrogen (secondary N) is 1. The Labute approximate surface area is 71.5 Å².